The third-order valence-electron chi connectivity index (χ3n) is 6.78. The van der Waals surface area contributed by atoms with E-state index in [9.17, 15) is 4.79 Å². The molecule has 1 saturated heterocycles. The SMILES string of the molecule is CC1CCN(C(=O)CSc2nnc3n4ncnc4c4c5c(sc4n23)CCCC5C)CC1. The maximum Gasteiger partial charge on any atom is 0.260 e. The van der Waals surface area contributed by atoms with Crippen LogP contribution in [0.15, 0.2) is 11.5 Å². The average molecular weight is 456 g/mol. The first-order valence-electron chi connectivity index (χ1n) is 11.0. The fourth-order valence-corrected chi connectivity index (χ4v) is 7.32. The summed E-state index contributed by atoms with van der Waals surface area (Å²) in [6, 6.07) is 0. The van der Waals surface area contributed by atoms with E-state index < -0.39 is 0 Å². The molecule has 31 heavy (non-hydrogen) atoms. The van der Waals surface area contributed by atoms with E-state index in [2.05, 4.69) is 38.5 Å². The molecule has 1 atom stereocenters. The molecule has 5 heterocycles. The number of thiophene rings is 1. The van der Waals surface area contributed by atoms with Gasteiger partial charge in [-0.25, -0.2) is 9.38 Å². The zero-order chi connectivity index (χ0) is 21.1. The van der Waals surface area contributed by atoms with Crippen LogP contribution < -0.4 is 0 Å². The van der Waals surface area contributed by atoms with Gasteiger partial charge in [-0.1, -0.05) is 25.6 Å². The van der Waals surface area contributed by atoms with Crippen LogP contribution >= 0.6 is 23.1 Å². The summed E-state index contributed by atoms with van der Waals surface area (Å²) < 4.78 is 3.88. The van der Waals surface area contributed by atoms with Crippen molar-refractivity contribution in [2.75, 3.05) is 18.8 Å². The highest BCUT2D eigenvalue weighted by molar-refractivity contribution is 7.99. The van der Waals surface area contributed by atoms with Gasteiger partial charge in [0.1, 0.15) is 11.2 Å². The summed E-state index contributed by atoms with van der Waals surface area (Å²) in [5.41, 5.74) is 2.27. The summed E-state index contributed by atoms with van der Waals surface area (Å²) >= 11 is 3.30. The van der Waals surface area contributed by atoms with Crippen molar-refractivity contribution in [3.8, 4) is 0 Å². The van der Waals surface area contributed by atoms with Crippen molar-refractivity contribution < 1.29 is 4.79 Å². The van der Waals surface area contributed by atoms with Crippen LogP contribution in [0.3, 0.4) is 0 Å². The van der Waals surface area contributed by atoms with Crippen molar-refractivity contribution in [3.05, 3.63) is 16.8 Å². The number of rotatable bonds is 3. The Hall–Kier alpha value is -2.20. The first-order valence-corrected chi connectivity index (χ1v) is 12.8. The highest BCUT2D eigenvalue weighted by Gasteiger charge is 2.28. The molecule has 0 saturated carbocycles. The van der Waals surface area contributed by atoms with Gasteiger partial charge in [0, 0.05) is 18.0 Å². The zero-order valence-electron chi connectivity index (χ0n) is 17.7. The quantitative estimate of drug-likeness (QED) is 0.438. The standard InChI is InChI=1S/C21H25N7OS2/c1-12-6-8-26(9-7-12)15(29)10-30-21-25-24-20-27(21)19-17(18-22-11-23-28(18)20)16-13(2)4-3-5-14(16)31-19/h11-13H,3-10H2,1-2H3. The molecule has 1 fully saturated rings. The fourth-order valence-electron chi connectivity index (χ4n) is 4.98. The number of aryl methyl sites for hydroxylation is 1. The molecule has 1 unspecified atom stereocenters. The predicted molar refractivity (Wildman–Crippen MR) is 122 cm³/mol. The smallest absolute Gasteiger partial charge is 0.260 e. The summed E-state index contributed by atoms with van der Waals surface area (Å²) in [6.07, 6.45) is 7.30. The van der Waals surface area contributed by atoms with E-state index in [0.717, 1.165) is 48.0 Å². The average Bonchev–Trinajstić information content (AvgIpc) is 3.48. The minimum absolute atomic E-state index is 0.186. The van der Waals surface area contributed by atoms with Crippen molar-refractivity contribution in [1.29, 1.82) is 0 Å². The maximum atomic E-state index is 12.8. The van der Waals surface area contributed by atoms with Gasteiger partial charge in [0.15, 0.2) is 10.8 Å². The lowest BCUT2D eigenvalue weighted by Crippen LogP contribution is -2.38. The molecule has 0 N–H and O–H groups in total. The van der Waals surface area contributed by atoms with Gasteiger partial charge in [0.05, 0.1) is 11.1 Å². The largest absolute Gasteiger partial charge is 0.342 e. The van der Waals surface area contributed by atoms with E-state index in [1.807, 2.05) is 16.2 Å². The lowest BCUT2D eigenvalue weighted by molar-refractivity contribution is -0.129. The van der Waals surface area contributed by atoms with Gasteiger partial charge in [0.2, 0.25) is 5.91 Å². The second kappa shape index (κ2) is 7.44. The van der Waals surface area contributed by atoms with Crippen molar-refractivity contribution in [3.63, 3.8) is 0 Å². The second-order valence-electron chi connectivity index (χ2n) is 8.88. The minimum atomic E-state index is 0.186. The van der Waals surface area contributed by atoms with Gasteiger partial charge >= 0.3 is 0 Å². The monoisotopic (exact) mass is 455 g/mol. The molecule has 1 aliphatic carbocycles. The van der Waals surface area contributed by atoms with Gasteiger partial charge < -0.3 is 4.90 Å². The van der Waals surface area contributed by atoms with E-state index in [4.69, 9.17) is 0 Å². The van der Waals surface area contributed by atoms with Crippen LogP contribution in [-0.4, -0.2) is 58.8 Å². The summed E-state index contributed by atoms with van der Waals surface area (Å²) in [7, 11) is 0. The molecule has 1 aliphatic heterocycles. The Balaban J connectivity index is 1.42. The number of hydrogen-bond acceptors (Lipinski definition) is 7. The van der Waals surface area contributed by atoms with E-state index in [-0.39, 0.29) is 5.91 Å². The molecule has 10 heteroatoms. The highest BCUT2D eigenvalue weighted by atomic mass is 32.2. The molecule has 0 bridgehead atoms. The number of likely N-dealkylation sites (tertiary alicyclic amines) is 1. The van der Waals surface area contributed by atoms with Crippen molar-refractivity contribution in [2.24, 2.45) is 5.92 Å². The van der Waals surface area contributed by atoms with Gasteiger partial charge in [-0.05, 0) is 49.5 Å². The Morgan fingerprint density at radius 2 is 2.06 bits per heavy atom. The number of amides is 1. The van der Waals surface area contributed by atoms with Crippen molar-refractivity contribution in [2.45, 2.75) is 57.0 Å². The van der Waals surface area contributed by atoms with Crippen LogP contribution in [0, 0.1) is 5.92 Å². The second-order valence-corrected chi connectivity index (χ2v) is 10.9. The number of nitrogens with zero attached hydrogens (tertiary/aromatic N) is 7. The molecule has 4 aromatic heterocycles. The number of thioether (sulfide) groups is 1. The molecule has 1 amide bonds. The minimum Gasteiger partial charge on any atom is -0.342 e. The molecule has 0 spiro atoms. The van der Waals surface area contributed by atoms with Gasteiger partial charge in [-0.3, -0.25) is 4.79 Å². The number of fused-ring (bicyclic) bond motifs is 8. The first-order chi connectivity index (χ1) is 15.1. The van der Waals surface area contributed by atoms with E-state index in [1.54, 1.807) is 10.8 Å². The fraction of sp³-hybridized carbons (Fsp3) is 0.571. The molecule has 0 radical (unpaired) electrons. The predicted octanol–water partition coefficient (Wildman–Crippen LogP) is 3.78. The van der Waals surface area contributed by atoms with Crippen LogP contribution in [0.5, 0.6) is 0 Å². The zero-order valence-corrected chi connectivity index (χ0v) is 19.4. The molecule has 0 aromatic carbocycles. The summed E-state index contributed by atoms with van der Waals surface area (Å²) in [4.78, 5) is 21.9. The molecular formula is C21H25N7OS2. The lowest BCUT2D eigenvalue weighted by atomic mass is 9.87. The normalized spacial score (nSPS) is 20.2. The van der Waals surface area contributed by atoms with E-state index >= 15 is 0 Å². The van der Waals surface area contributed by atoms with E-state index in [1.165, 1.54) is 40.4 Å². The Labute approximate surface area is 188 Å². The van der Waals surface area contributed by atoms with Crippen LogP contribution in [0.2, 0.25) is 0 Å². The summed E-state index contributed by atoms with van der Waals surface area (Å²) in [5, 5.41) is 15.3. The number of hydrogen-bond donors (Lipinski definition) is 0. The molecular weight excluding hydrogens is 430 g/mol. The summed E-state index contributed by atoms with van der Waals surface area (Å²) in [5.74, 6) is 2.45. The third-order valence-corrected chi connectivity index (χ3v) is 8.94. The van der Waals surface area contributed by atoms with Crippen molar-refractivity contribution >= 4 is 50.6 Å². The van der Waals surface area contributed by atoms with Gasteiger partial charge in [0.25, 0.3) is 5.78 Å². The topological polar surface area (TPSA) is 80.7 Å². The number of carbonyl (C=O) groups excluding carboxylic acids is 1. The van der Waals surface area contributed by atoms with Crippen LogP contribution in [0.25, 0.3) is 21.6 Å². The first kappa shape index (κ1) is 19.5. The molecule has 2 aliphatic rings. The number of aromatic nitrogens is 6. The third kappa shape index (κ3) is 3.06. The van der Waals surface area contributed by atoms with Crippen molar-refractivity contribution in [1.82, 2.24) is 34.1 Å². The van der Waals surface area contributed by atoms with E-state index in [0.29, 0.717) is 23.4 Å². The lowest BCUT2D eigenvalue weighted by Gasteiger charge is -2.30. The maximum absolute atomic E-state index is 12.8. The van der Waals surface area contributed by atoms with Crippen LogP contribution in [0.4, 0.5) is 0 Å². The number of carbonyl (C=O) groups is 1. The summed E-state index contributed by atoms with van der Waals surface area (Å²) in [6.45, 7) is 6.29. The number of piperidine rings is 1. The van der Waals surface area contributed by atoms with Crippen LogP contribution in [0.1, 0.15) is 55.9 Å². The molecule has 162 valence electrons. The van der Waals surface area contributed by atoms with Gasteiger partial charge in [-0.15, -0.1) is 21.5 Å². The molecule has 8 nitrogen and oxygen atoms in total. The molecule has 6 rings (SSSR count). The highest BCUT2D eigenvalue weighted by Crippen LogP contribution is 2.44. The Morgan fingerprint density at radius 3 is 2.90 bits per heavy atom. The Morgan fingerprint density at radius 1 is 1.23 bits per heavy atom. The Kier molecular flexibility index (Phi) is 4.68. The molecule has 4 aromatic rings. The Bertz CT molecular complexity index is 1300. The van der Waals surface area contributed by atoms with Crippen LogP contribution in [-0.2, 0) is 11.2 Å². The van der Waals surface area contributed by atoms with Gasteiger partial charge in [-0.2, -0.15) is 9.61 Å².